The van der Waals surface area contributed by atoms with Crippen LogP contribution in [0.1, 0.15) is 41.5 Å². The molecule has 0 aromatic heterocycles. The van der Waals surface area contributed by atoms with Gasteiger partial charge in [-0.25, -0.2) is 0 Å². The van der Waals surface area contributed by atoms with Crippen LogP contribution < -0.4 is 0 Å². The van der Waals surface area contributed by atoms with Gasteiger partial charge in [0.05, 0.1) is 0 Å². The molecule has 1 saturated heterocycles. The van der Waals surface area contributed by atoms with E-state index < -0.39 is 8.24 Å². The van der Waals surface area contributed by atoms with Crippen molar-refractivity contribution in [1.82, 2.24) is 9.47 Å². The highest BCUT2D eigenvalue weighted by molar-refractivity contribution is 6.77. The molecule has 0 saturated carbocycles. The lowest BCUT2D eigenvalue weighted by atomic mass is 10.2. The van der Waals surface area contributed by atoms with E-state index in [1.54, 1.807) is 0 Å². The molecule has 3 nitrogen and oxygen atoms in total. The Morgan fingerprint density at radius 3 is 2.05 bits per heavy atom. The molecule has 0 aromatic rings. The second-order valence-corrected chi connectivity index (χ2v) is 15.5. The van der Waals surface area contributed by atoms with Gasteiger partial charge in [-0.1, -0.05) is 40.8 Å². The van der Waals surface area contributed by atoms with Crippen molar-refractivity contribution < 1.29 is 4.43 Å². The quantitative estimate of drug-likeness (QED) is 0.660. The molecule has 0 spiro atoms. The number of nitrogens with zero attached hydrogens (tertiary/aromatic N) is 2. The molecule has 1 atom stereocenters. The molecule has 1 aliphatic heterocycles. The highest BCUT2D eigenvalue weighted by Crippen LogP contribution is 2.38. The van der Waals surface area contributed by atoms with E-state index in [4.69, 9.17) is 4.43 Å². The van der Waals surface area contributed by atoms with Gasteiger partial charge in [0.1, 0.15) is 8.24 Å². The molecule has 1 heterocycles. The molecular formula is C17H40N2OSi2. The summed E-state index contributed by atoms with van der Waals surface area (Å²) < 4.78 is 8.64. The summed E-state index contributed by atoms with van der Waals surface area (Å²) in [6.45, 7) is 25.4. The Morgan fingerprint density at radius 2 is 1.59 bits per heavy atom. The molecule has 1 aliphatic rings. The normalized spacial score (nSPS) is 21.1. The maximum atomic E-state index is 5.82. The van der Waals surface area contributed by atoms with Crippen LogP contribution in [-0.2, 0) is 4.43 Å². The summed E-state index contributed by atoms with van der Waals surface area (Å²) in [6, 6.07) is 1.32. The third kappa shape index (κ3) is 6.08. The molecule has 1 unspecified atom stereocenters. The van der Waals surface area contributed by atoms with Crippen molar-refractivity contribution in [2.45, 2.75) is 71.8 Å². The van der Waals surface area contributed by atoms with Crippen LogP contribution in [0.3, 0.4) is 0 Å². The zero-order valence-electron chi connectivity index (χ0n) is 16.4. The predicted octanol–water partition coefficient (Wildman–Crippen LogP) is 3.17. The van der Waals surface area contributed by atoms with Gasteiger partial charge in [-0.3, -0.25) is 0 Å². The molecular weight excluding hydrogens is 304 g/mol. The minimum atomic E-state index is -1.31. The van der Waals surface area contributed by atoms with E-state index in [-0.39, 0.29) is 9.76 Å². The number of hydrogen-bond donors (Lipinski definition) is 0. The molecule has 0 aromatic carbocycles. The maximum absolute atomic E-state index is 5.82. The van der Waals surface area contributed by atoms with Crippen LogP contribution in [0.15, 0.2) is 0 Å². The van der Waals surface area contributed by atoms with Gasteiger partial charge in [0.15, 0.2) is 9.76 Å². The molecule has 22 heavy (non-hydrogen) atoms. The first kappa shape index (κ1) is 20.4. The number of hydrogen-bond acceptors (Lipinski definition) is 3. The van der Waals surface area contributed by atoms with Gasteiger partial charge in [0.2, 0.25) is 0 Å². The molecule has 1 rings (SSSR count). The minimum absolute atomic E-state index is 0.312. The lowest BCUT2D eigenvalue weighted by Crippen LogP contribution is -2.61. The Morgan fingerprint density at radius 1 is 1.05 bits per heavy atom. The van der Waals surface area contributed by atoms with E-state index in [0.29, 0.717) is 11.1 Å². The van der Waals surface area contributed by atoms with E-state index in [2.05, 4.69) is 64.1 Å². The zero-order chi connectivity index (χ0) is 17.0. The molecule has 1 fully saturated rings. The smallest absolute Gasteiger partial charge is 0.162 e. The second-order valence-electron chi connectivity index (χ2n) is 8.91. The van der Waals surface area contributed by atoms with Crippen LogP contribution in [0, 0.1) is 5.92 Å². The lowest BCUT2D eigenvalue weighted by Gasteiger charge is -2.49. The minimum Gasteiger partial charge on any atom is -0.422 e. The SMILES string of the molecule is CC(C[SiH2]OC(C)C)CN1CCN([Si](C)(C)C(C)(C)C)CC1. The van der Waals surface area contributed by atoms with E-state index in [9.17, 15) is 0 Å². The molecule has 132 valence electrons. The Bertz CT molecular complexity index is 321. The fraction of sp³-hybridized carbons (Fsp3) is 1.00. The van der Waals surface area contributed by atoms with Crippen LogP contribution in [0.25, 0.3) is 0 Å². The average Bonchev–Trinajstić information content (AvgIpc) is 2.37. The number of piperazine rings is 1. The van der Waals surface area contributed by atoms with Crippen molar-refractivity contribution in [3.8, 4) is 0 Å². The molecule has 0 aliphatic carbocycles. The monoisotopic (exact) mass is 344 g/mol. The maximum Gasteiger partial charge on any atom is 0.162 e. The average molecular weight is 345 g/mol. The van der Waals surface area contributed by atoms with Crippen molar-refractivity contribution in [2.75, 3.05) is 32.7 Å². The predicted molar refractivity (Wildman–Crippen MR) is 104 cm³/mol. The molecule has 0 bridgehead atoms. The first-order chi connectivity index (χ1) is 10.0. The number of rotatable bonds is 7. The van der Waals surface area contributed by atoms with Gasteiger partial charge in [0, 0.05) is 38.8 Å². The third-order valence-electron chi connectivity index (χ3n) is 5.63. The van der Waals surface area contributed by atoms with E-state index in [1.807, 2.05) is 0 Å². The first-order valence-electron chi connectivity index (χ1n) is 9.13. The Hall–Kier alpha value is 0.314. The third-order valence-corrected chi connectivity index (χ3v) is 13.5. The van der Waals surface area contributed by atoms with Gasteiger partial charge in [-0.05, 0) is 30.8 Å². The fourth-order valence-corrected chi connectivity index (χ4v) is 6.46. The zero-order valence-corrected chi connectivity index (χ0v) is 18.8. The van der Waals surface area contributed by atoms with Crippen LogP contribution in [-0.4, -0.2) is 66.3 Å². The Labute approximate surface area is 142 Å². The molecule has 0 radical (unpaired) electrons. The highest BCUT2D eigenvalue weighted by atomic mass is 28.3. The molecule has 5 heteroatoms. The van der Waals surface area contributed by atoms with Gasteiger partial charge in [0.25, 0.3) is 0 Å². The highest BCUT2D eigenvalue weighted by Gasteiger charge is 2.41. The standard InChI is InChI=1S/C17H40N2OSi2/c1-15(2)20-21-14-16(3)13-18-9-11-19(12-10-18)22(7,8)17(4,5)6/h15-16H,9-14,21H2,1-8H3. The fourth-order valence-electron chi connectivity index (χ4n) is 3.00. The van der Waals surface area contributed by atoms with Gasteiger partial charge < -0.3 is 13.9 Å². The van der Waals surface area contributed by atoms with E-state index in [0.717, 1.165) is 5.92 Å². The molecule has 0 amide bonds. The summed E-state index contributed by atoms with van der Waals surface area (Å²) in [5, 5.41) is 0.461. The largest absolute Gasteiger partial charge is 0.422 e. The molecule has 0 N–H and O–H groups in total. The Kier molecular flexibility index (Phi) is 7.79. The lowest BCUT2D eigenvalue weighted by molar-refractivity contribution is 0.163. The summed E-state index contributed by atoms with van der Waals surface area (Å²) in [4.78, 5) is 2.68. The van der Waals surface area contributed by atoms with Crippen molar-refractivity contribution in [3.63, 3.8) is 0 Å². The van der Waals surface area contributed by atoms with Crippen LogP contribution in [0.5, 0.6) is 0 Å². The van der Waals surface area contributed by atoms with Gasteiger partial charge >= 0.3 is 0 Å². The van der Waals surface area contributed by atoms with Gasteiger partial charge in [-0.2, -0.15) is 0 Å². The van der Waals surface area contributed by atoms with E-state index in [1.165, 1.54) is 38.8 Å². The van der Waals surface area contributed by atoms with Crippen molar-refractivity contribution in [3.05, 3.63) is 0 Å². The van der Waals surface area contributed by atoms with Crippen LogP contribution >= 0.6 is 0 Å². The summed E-state index contributed by atoms with van der Waals surface area (Å²) in [6.07, 6.45) is 0.423. The van der Waals surface area contributed by atoms with Crippen LogP contribution in [0.2, 0.25) is 24.2 Å². The Balaban J connectivity index is 2.33. The first-order valence-corrected chi connectivity index (χ1v) is 13.7. The van der Waals surface area contributed by atoms with Crippen molar-refractivity contribution in [1.29, 1.82) is 0 Å². The summed E-state index contributed by atoms with van der Waals surface area (Å²) in [7, 11) is -1.63. The summed E-state index contributed by atoms with van der Waals surface area (Å²) in [5.74, 6) is 0.796. The summed E-state index contributed by atoms with van der Waals surface area (Å²) in [5.41, 5.74) is 0. The van der Waals surface area contributed by atoms with Crippen molar-refractivity contribution >= 4 is 18.0 Å². The van der Waals surface area contributed by atoms with E-state index >= 15 is 0 Å². The summed E-state index contributed by atoms with van der Waals surface area (Å²) >= 11 is 0. The van der Waals surface area contributed by atoms with Crippen LogP contribution in [0.4, 0.5) is 0 Å². The second kappa shape index (κ2) is 8.42. The van der Waals surface area contributed by atoms with Gasteiger partial charge in [-0.15, -0.1) is 0 Å². The topological polar surface area (TPSA) is 15.7 Å². The van der Waals surface area contributed by atoms with Crippen molar-refractivity contribution in [2.24, 2.45) is 5.92 Å².